The normalized spacial score (nSPS) is 17.0. The van der Waals surface area contributed by atoms with Crippen LogP contribution >= 0.6 is 23.1 Å². The third-order valence-electron chi connectivity index (χ3n) is 4.98. The van der Waals surface area contributed by atoms with E-state index in [1.54, 1.807) is 11.3 Å². The zero-order chi connectivity index (χ0) is 15.9. The maximum absolute atomic E-state index is 4.59. The molecule has 24 heavy (non-hydrogen) atoms. The van der Waals surface area contributed by atoms with Crippen LogP contribution in [-0.4, -0.2) is 39.7 Å². The Labute approximate surface area is 150 Å². The van der Waals surface area contributed by atoms with Crippen LogP contribution in [0.4, 0.5) is 0 Å². The number of nitrogens with zero attached hydrogens (tertiary/aromatic N) is 2. The number of aromatic amines is 1. The Morgan fingerprint density at radius 2 is 2.08 bits per heavy atom. The van der Waals surface area contributed by atoms with Gasteiger partial charge in [0.2, 0.25) is 0 Å². The molecule has 0 amide bonds. The van der Waals surface area contributed by atoms with E-state index in [0.29, 0.717) is 0 Å². The summed E-state index contributed by atoms with van der Waals surface area (Å²) in [5, 5.41) is 12.2. The van der Waals surface area contributed by atoms with Crippen LogP contribution in [0.15, 0.2) is 35.0 Å². The van der Waals surface area contributed by atoms with Crippen LogP contribution < -0.4 is 0 Å². The van der Waals surface area contributed by atoms with E-state index >= 15 is 0 Å². The lowest BCUT2D eigenvalue weighted by Gasteiger charge is -2.26. The van der Waals surface area contributed by atoms with E-state index < -0.39 is 0 Å². The summed E-state index contributed by atoms with van der Waals surface area (Å²) in [6, 6.07) is 9.15. The van der Waals surface area contributed by atoms with E-state index in [9.17, 15) is 0 Å². The molecule has 3 aromatic rings. The minimum absolute atomic E-state index is 0.993. The topological polar surface area (TPSA) is 31.9 Å². The molecule has 122 valence electrons. The monoisotopic (exact) mass is 353 g/mol. The number of thiophene rings is 1. The summed E-state index contributed by atoms with van der Waals surface area (Å²) in [4.78, 5) is 2.57. The molecule has 0 saturated carbocycles. The van der Waals surface area contributed by atoms with Gasteiger partial charge < -0.3 is 0 Å². The van der Waals surface area contributed by atoms with Crippen molar-refractivity contribution in [3.63, 3.8) is 0 Å². The fourth-order valence-electron chi connectivity index (χ4n) is 3.71. The molecule has 3 heterocycles. The Morgan fingerprint density at radius 3 is 2.92 bits per heavy atom. The molecule has 5 heteroatoms. The van der Waals surface area contributed by atoms with E-state index in [2.05, 4.69) is 61.9 Å². The maximum atomic E-state index is 4.59. The van der Waals surface area contributed by atoms with Gasteiger partial charge in [0.15, 0.2) is 0 Å². The van der Waals surface area contributed by atoms with Crippen molar-refractivity contribution < 1.29 is 0 Å². The van der Waals surface area contributed by atoms with Crippen LogP contribution in [0.5, 0.6) is 0 Å². The molecule has 0 atom stereocenters. The minimum atomic E-state index is 0.993. The van der Waals surface area contributed by atoms with Gasteiger partial charge in [-0.15, -0.1) is 0 Å². The lowest BCUT2D eigenvalue weighted by atomic mass is 10.1. The van der Waals surface area contributed by atoms with E-state index in [0.717, 1.165) is 18.7 Å². The van der Waals surface area contributed by atoms with Gasteiger partial charge in [-0.3, -0.25) is 10.00 Å². The molecule has 0 unspecified atom stereocenters. The molecule has 0 spiro atoms. The fraction of sp³-hybridized carbons (Fsp3) is 0.316. The van der Waals surface area contributed by atoms with Gasteiger partial charge in [0.25, 0.3) is 0 Å². The molecule has 2 aromatic heterocycles. The van der Waals surface area contributed by atoms with Crippen molar-refractivity contribution in [2.45, 2.75) is 13.0 Å². The van der Waals surface area contributed by atoms with E-state index in [4.69, 9.17) is 0 Å². The SMILES string of the molecule is c1cc(-c2n[nH]c3c2Cc2ccc(CN4CCSCC4)cc2-3)cs1. The average molecular weight is 354 g/mol. The van der Waals surface area contributed by atoms with Gasteiger partial charge in [0.1, 0.15) is 0 Å². The second-order valence-corrected chi connectivity index (χ2v) is 8.50. The van der Waals surface area contributed by atoms with Gasteiger partial charge in [-0.25, -0.2) is 0 Å². The second-order valence-electron chi connectivity index (χ2n) is 6.49. The highest BCUT2D eigenvalue weighted by atomic mass is 32.2. The predicted octanol–water partition coefficient (Wildman–Crippen LogP) is 4.26. The number of benzene rings is 1. The highest BCUT2D eigenvalue weighted by molar-refractivity contribution is 7.99. The number of thioether (sulfide) groups is 1. The Balaban J connectivity index is 1.46. The van der Waals surface area contributed by atoms with Crippen LogP contribution in [0.2, 0.25) is 0 Å². The third kappa shape index (κ3) is 2.51. The first-order valence-electron chi connectivity index (χ1n) is 8.40. The Bertz CT molecular complexity index is 861. The quantitative estimate of drug-likeness (QED) is 0.597. The van der Waals surface area contributed by atoms with E-state index in [1.165, 1.54) is 58.1 Å². The van der Waals surface area contributed by atoms with Crippen molar-refractivity contribution in [3.8, 4) is 22.5 Å². The van der Waals surface area contributed by atoms with Crippen LogP contribution in [0, 0.1) is 0 Å². The molecule has 5 rings (SSSR count). The molecular weight excluding hydrogens is 334 g/mol. The largest absolute Gasteiger partial charge is 0.297 e. The molecule has 0 bridgehead atoms. The van der Waals surface area contributed by atoms with Crippen molar-refractivity contribution in [3.05, 3.63) is 51.7 Å². The number of rotatable bonds is 3. The van der Waals surface area contributed by atoms with Crippen LogP contribution in [-0.2, 0) is 13.0 Å². The molecule has 0 radical (unpaired) electrons. The summed E-state index contributed by atoms with van der Waals surface area (Å²) in [5.74, 6) is 2.53. The highest BCUT2D eigenvalue weighted by Gasteiger charge is 2.25. The molecule has 1 fully saturated rings. The number of hydrogen-bond acceptors (Lipinski definition) is 4. The van der Waals surface area contributed by atoms with Gasteiger partial charge in [-0.2, -0.15) is 28.2 Å². The number of nitrogens with one attached hydrogen (secondary N) is 1. The molecule has 1 aromatic carbocycles. The lowest BCUT2D eigenvalue weighted by Crippen LogP contribution is -2.31. The summed E-state index contributed by atoms with van der Waals surface area (Å²) in [7, 11) is 0. The molecule has 1 aliphatic heterocycles. The smallest absolute Gasteiger partial charge is 0.0970 e. The second kappa shape index (κ2) is 6.06. The molecule has 1 saturated heterocycles. The Morgan fingerprint density at radius 1 is 1.17 bits per heavy atom. The standard InChI is InChI=1S/C19H19N3S2/c1-2-14-10-17-18(15-3-6-24-12-15)20-21-19(17)16(14)9-13(1)11-22-4-7-23-8-5-22/h1-3,6,9,12H,4-5,7-8,10-11H2,(H,20,21). The van der Waals surface area contributed by atoms with Gasteiger partial charge in [0, 0.05) is 59.6 Å². The highest BCUT2D eigenvalue weighted by Crippen LogP contribution is 2.40. The molecule has 3 nitrogen and oxygen atoms in total. The molecular formula is C19H19N3S2. The van der Waals surface area contributed by atoms with Crippen LogP contribution in [0.1, 0.15) is 16.7 Å². The fourth-order valence-corrected chi connectivity index (χ4v) is 5.33. The zero-order valence-corrected chi connectivity index (χ0v) is 15.1. The summed E-state index contributed by atoms with van der Waals surface area (Å²) in [6.07, 6.45) is 0.993. The first kappa shape index (κ1) is 14.8. The number of aromatic nitrogens is 2. The molecule has 2 aliphatic rings. The number of hydrogen-bond donors (Lipinski definition) is 1. The first-order valence-corrected chi connectivity index (χ1v) is 10.5. The van der Waals surface area contributed by atoms with Crippen molar-refractivity contribution in [2.75, 3.05) is 24.6 Å². The van der Waals surface area contributed by atoms with Crippen LogP contribution in [0.25, 0.3) is 22.5 Å². The molecule has 1 aliphatic carbocycles. The summed E-state index contributed by atoms with van der Waals surface area (Å²) >= 11 is 3.80. The van der Waals surface area contributed by atoms with Gasteiger partial charge in [-0.05, 0) is 28.6 Å². The average Bonchev–Trinajstić information content (AvgIpc) is 3.32. The van der Waals surface area contributed by atoms with Crippen molar-refractivity contribution in [2.24, 2.45) is 0 Å². The first-order chi connectivity index (χ1) is 11.9. The van der Waals surface area contributed by atoms with E-state index in [1.807, 2.05) is 0 Å². The molecule has 1 N–H and O–H groups in total. The minimum Gasteiger partial charge on any atom is -0.297 e. The predicted molar refractivity (Wildman–Crippen MR) is 103 cm³/mol. The summed E-state index contributed by atoms with van der Waals surface area (Å²) in [5.41, 5.74) is 9.13. The van der Waals surface area contributed by atoms with Crippen molar-refractivity contribution in [1.82, 2.24) is 15.1 Å². The van der Waals surface area contributed by atoms with E-state index in [-0.39, 0.29) is 0 Å². The summed E-state index contributed by atoms with van der Waals surface area (Å²) < 4.78 is 0. The summed E-state index contributed by atoms with van der Waals surface area (Å²) in [6.45, 7) is 3.48. The maximum Gasteiger partial charge on any atom is 0.0970 e. The number of fused-ring (bicyclic) bond motifs is 3. The number of H-pyrrole nitrogens is 1. The Hall–Kier alpha value is -1.56. The van der Waals surface area contributed by atoms with Gasteiger partial charge in [-0.1, -0.05) is 12.1 Å². The third-order valence-corrected chi connectivity index (χ3v) is 6.61. The zero-order valence-electron chi connectivity index (χ0n) is 13.4. The Kier molecular flexibility index (Phi) is 3.73. The van der Waals surface area contributed by atoms with Gasteiger partial charge >= 0.3 is 0 Å². The van der Waals surface area contributed by atoms with Gasteiger partial charge in [0.05, 0.1) is 11.4 Å². The lowest BCUT2D eigenvalue weighted by molar-refractivity contribution is 0.294. The van der Waals surface area contributed by atoms with Crippen molar-refractivity contribution >= 4 is 23.1 Å². The van der Waals surface area contributed by atoms with Crippen LogP contribution in [0.3, 0.4) is 0 Å². The van der Waals surface area contributed by atoms with Crippen molar-refractivity contribution in [1.29, 1.82) is 0 Å².